The normalized spacial score (nSPS) is 19.2. The van der Waals surface area contributed by atoms with E-state index in [4.69, 9.17) is 4.42 Å². The van der Waals surface area contributed by atoms with E-state index in [2.05, 4.69) is 4.72 Å². The Morgan fingerprint density at radius 3 is 2.14 bits per heavy atom. The lowest BCUT2D eigenvalue weighted by Gasteiger charge is -2.17. The molecule has 116 valence electrons. The van der Waals surface area contributed by atoms with Crippen LogP contribution in [0.1, 0.15) is 47.6 Å². The number of nitrogens with one attached hydrogen (secondary N) is 1. The predicted molar refractivity (Wildman–Crippen MR) is 74.7 cm³/mol. The van der Waals surface area contributed by atoms with Gasteiger partial charge >= 0.3 is 5.97 Å². The van der Waals surface area contributed by atoms with Crippen LogP contribution in [-0.2, 0) is 10.0 Å². The third-order valence-electron chi connectivity index (χ3n) is 4.24. The summed E-state index contributed by atoms with van der Waals surface area (Å²) < 4.78 is 33.2. The minimum atomic E-state index is -3.88. The Balaban J connectivity index is 1.96. The van der Waals surface area contributed by atoms with Crippen LogP contribution in [0.2, 0.25) is 0 Å². The van der Waals surface area contributed by atoms with Crippen LogP contribution in [0.3, 0.4) is 0 Å². The van der Waals surface area contributed by atoms with E-state index in [-0.39, 0.29) is 28.0 Å². The van der Waals surface area contributed by atoms with E-state index >= 15 is 0 Å². The van der Waals surface area contributed by atoms with Crippen molar-refractivity contribution < 1.29 is 22.7 Å². The molecule has 0 atom stereocenters. The SMILES string of the molecule is Cc1oc(C)c(S(=O)(=O)NC(C2CC2)C2CC2)c1C(=O)O. The molecule has 0 amide bonds. The summed E-state index contributed by atoms with van der Waals surface area (Å²) in [5.41, 5.74) is -0.259. The Labute approximate surface area is 123 Å². The number of carbonyl (C=O) groups is 1. The van der Waals surface area contributed by atoms with Crippen molar-refractivity contribution in [2.45, 2.75) is 50.5 Å². The molecule has 6 nitrogen and oxygen atoms in total. The van der Waals surface area contributed by atoms with Crippen LogP contribution in [0.15, 0.2) is 9.31 Å². The van der Waals surface area contributed by atoms with E-state index in [0.717, 1.165) is 25.7 Å². The number of aryl methyl sites for hydroxylation is 2. The molecule has 0 aromatic carbocycles. The van der Waals surface area contributed by atoms with Gasteiger partial charge in [0, 0.05) is 6.04 Å². The van der Waals surface area contributed by atoms with Gasteiger partial charge in [0.15, 0.2) is 0 Å². The average Bonchev–Trinajstić information content (AvgIpc) is 3.24. The average molecular weight is 313 g/mol. The summed E-state index contributed by atoms with van der Waals surface area (Å²) in [6, 6.07) is -0.0637. The lowest BCUT2D eigenvalue weighted by Crippen LogP contribution is -2.38. The zero-order valence-electron chi connectivity index (χ0n) is 12.0. The minimum absolute atomic E-state index is 0.0637. The predicted octanol–water partition coefficient (Wildman–Crippen LogP) is 2.06. The maximum atomic E-state index is 12.6. The Morgan fingerprint density at radius 1 is 1.19 bits per heavy atom. The van der Waals surface area contributed by atoms with Crippen LogP contribution >= 0.6 is 0 Å². The molecule has 2 fully saturated rings. The molecule has 21 heavy (non-hydrogen) atoms. The van der Waals surface area contributed by atoms with Crippen molar-refractivity contribution in [2.75, 3.05) is 0 Å². The van der Waals surface area contributed by atoms with Crippen molar-refractivity contribution in [3.63, 3.8) is 0 Å². The van der Waals surface area contributed by atoms with E-state index in [1.54, 1.807) is 0 Å². The van der Waals surface area contributed by atoms with E-state index in [0.29, 0.717) is 11.8 Å². The van der Waals surface area contributed by atoms with Gasteiger partial charge in [-0.3, -0.25) is 0 Å². The summed E-state index contributed by atoms with van der Waals surface area (Å²) in [6.07, 6.45) is 4.16. The molecule has 2 aliphatic carbocycles. The molecule has 0 aliphatic heterocycles. The van der Waals surface area contributed by atoms with Crippen molar-refractivity contribution in [1.82, 2.24) is 4.72 Å². The van der Waals surface area contributed by atoms with Crippen LogP contribution in [0.5, 0.6) is 0 Å². The summed E-state index contributed by atoms with van der Waals surface area (Å²) in [5.74, 6) is -0.237. The third-order valence-corrected chi connectivity index (χ3v) is 5.85. The largest absolute Gasteiger partial charge is 0.478 e. The summed E-state index contributed by atoms with van der Waals surface area (Å²) >= 11 is 0. The molecule has 7 heteroatoms. The highest BCUT2D eigenvalue weighted by Crippen LogP contribution is 2.45. The molecular formula is C14H19NO5S. The molecule has 2 N–H and O–H groups in total. The van der Waals surface area contributed by atoms with Crippen molar-refractivity contribution in [1.29, 1.82) is 0 Å². The fraction of sp³-hybridized carbons (Fsp3) is 0.643. The van der Waals surface area contributed by atoms with Gasteiger partial charge in [0.2, 0.25) is 10.0 Å². The number of hydrogen-bond donors (Lipinski definition) is 2. The molecule has 2 aliphatic rings. The molecule has 0 radical (unpaired) electrons. The number of rotatable bonds is 6. The van der Waals surface area contributed by atoms with Gasteiger partial charge in [0.05, 0.1) is 0 Å². The molecule has 1 heterocycles. The summed E-state index contributed by atoms with van der Waals surface area (Å²) in [6.45, 7) is 2.95. The van der Waals surface area contributed by atoms with Crippen LogP contribution in [-0.4, -0.2) is 25.5 Å². The Morgan fingerprint density at radius 2 is 1.71 bits per heavy atom. The summed E-state index contributed by atoms with van der Waals surface area (Å²) in [5, 5.41) is 9.25. The molecule has 2 saturated carbocycles. The fourth-order valence-electron chi connectivity index (χ4n) is 2.96. The van der Waals surface area contributed by atoms with Gasteiger partial charge in [-0.15, -0.1) is 0 Å². The maximum absolute atomic E-state index is 12.6. The van der Waals surface area contributed by atoms with E-state index < -0.39 is 16.0 Å². The maximum Gasteiger partial charge on any atom is 0.340 e. The monoisotopic (exact) mass is 313 g/mol. The minimum Gasteiger partial charge on any atom is -0.478 e. The Bertz CT molecular complexity index is 670. The lowest BCUT2D eigenvalue weighted by atomic mass is 10.1. The highest BCUT2D eigenvalue weighted by Gasteiger charge is 2.44. The second-order valence-electron chi connectivity index (χ2n) is 6.05. The zero-order valence-corrected chi connectivity index (χ0v) is 12.9. The third kappa shape index (κ3) is 2.72. The van der Waals surface area contributed by atoms with Gasteiger partial charge in [-0.05, 0) is 51.4 Å². The smallest absolute Gasteiger partial charge is 0.340 e. The van der Waals surface area contributed by atoms with Crippen molar-refractivity contribution in [2.24, 2.45) is 11.8 Å². The lowest BCUT2D eigenvalue weighted by molar-refractivity contribution is 0.0691. The molecule has 0 spiro atoms. The van der Waals surface area contributed by atoms with Crippen LogP contribution in [0.25, 0.3) is 0 Å². The van der Waals surface area contributed by atoms with E-state index in [1.807, 2.05) is 0 Å². The Kier molecular flexibility index (Phi) is 3.37. The number of aromatic carboxylic acids is 1. The van der Waals surface area contributed by atoms with Crippen LogP contribution in [0.4, 0.5) is 0 Å². The van der Waals surface area contributed by atoms with Gasteiger partial charge in [0.1, 0.15) is 22.0 Å². The first-order valence-corrected chi connectivity index (χ1v) is 8.65. The topological polar surface area (TPSA) is 96.6 Å². The van der Waals surface area contributed by atoms with E-state index in [1.165, 1.54) is 13.8 Å². The molecule has 0 bridgehead atoms. The quantitative estimate of drug-likeness (QED) is 0.838. The number of sulfonamides is 1. The van der Waals surface area contributed by atoms with Crippen molar-refractivity contribution in [3.8, 4) is 0 Å². The summed E-state index contributed by atoms with van der Waals surface area (Å²) in [4.78, 5) is 11.1. The second kappa shape index (κ2) is 4.84. The van der Waals surface area contributed by atoms with Crippen LogP contribution in [0, 0.1) is 25.7 Å². The molecule has 1 aromatic rings. The second-order valence-corrected chi connectivity index (χ2v) is 7.70. The first kappa shape index (κ1) is 14.6. The first-order chi connectivity index (χ1) is 9.81. The highest BCUT2D eigenvalue weighted by molar-refractivity contribution is 7.89. The van der Waals surface area contributed by atoms with Crippen LogP contribution < -0.4 is 4.72 Å². The number of carboxylic acid groups (broad SMARTS) is 1. The first-order valence-electron chi connectivity index (χ1n) is 7.17. The van der Waals surface area contributed by atoms with Gasteiger partial charge in [0.25, 0.3) is 0 Å². The molecule has 0 unspecified atom stereocenters. The van der Waals surface area contributed by atoms with E-state index in [9.17, 15) is 18.3 Å². The number of carboxylic acids is 1. The number of furan rings is 1. The number of hydrogen-bond acceptors (Lipinski definition) is 4. The van der Waals surface area contributed by atoms with Crippen molar-refractivity contribution >= 4 is 16.0 Å². The molecule has 3 rings (SSSR count). The molecule has 1 aromatic heterocycles. The van der Waals surface area contributed by atoms with Gasteiger partial charge < -0.3 is 9.52 Å². The standard InChI is InChI=1S/C14H19NO5S/c1-7-11(14(16)17)13(8(2)20-7)21(18,19)15-12(9-3-4-9)10-5-6-10/h9-10,12,15H,3-6H2,1-2H3,(H,16,17). The fourth-order valence-corrected chi connectivity index (χ4v) is 4.74. The zero-order chi connectivity index (χ0) is 15.4. The van der Waals surface area contributed by atoms with Crippen molar-refractivity contribution in [3.05, 3.63) is 17.1 Å². The van der Waals surface area contributed by atoms with Gasteiger partial charge in [-0.25, -0.2) is 17.9 Å². The molecular weight excluding hydrogens is 294 g/mol. The van der Waals surface area contributed by atoms with Gasteiger partial charge in [-0.2, -0.15) is 0 Å². The Hall–Kier alpha value is -1.34. The van der Waals surface area contributed by atoms with Gasteiger partial charge in [-0.1, -0.05) is 0 Å². The molecule has 0 saturated heterocycles. The summed E-state index contributed by atoms with van der Waals surface area (Å²) in [7, 11) is -3.88. The highest BCUT2D eigenvalue weighted by atomic mass is 32.2.